The molecule has 0 aromatic heterocycles. The monoisotopic (exact) mass is 609 g/mol. The number of halogens is 7. The van der Waals surface area contributed by atoms with Crippen LogP contribution in [0.25, 0.3) is 10.8 Å². The van der Waals surface area contributed by atoms with Crippen LogP contribution in [0.4, 0.5) is 39.0 Å². The summed E-state index contributed by atoms with van der Waals surface area (Å²) >= 11 is 9.99. The van der Waals surface area contributed by atoms with E-state index in [9.17, 15) is 26.7 Å². The highest BCUT2D eigenvalue weighted by Crippen LogP contribution is 2.34. The second-order valence-electron chi connectivity index (χ2n) is 8.65. The lowest BCUT2D eigenvalue weighted by atomic mass is 10.0. The highest BCUT2D eigenvalue weighted by molar-refractivity contribution is 9.10. The molecule has 1 N–H and O–H groups in total. The van der Waals surface area contributed by atoms with Gasteiger partial charge in [-0.05, 0) is 41.1 Å². The van der Waals surface area contributed by atoms with Gasteiger partial charge in [0.15, 0.2) is 23.3 Å². The molecule has 4 nitrogen and oxygen atoms in total. The zero-order valence-electron chi connectivity index (χ0n) is 19.5. The number of amides is 1. The quantitative estimate of drug-likeness (QED) is 0.147. The van der Waals surface area contributed by atoms with Crippen molar-refractivity contribution in [3.05, 3.63) is 98.7 Å². The largest absolute Gasteiger partial charge is 0.367 e. The van der Waals surface area contributed by atoms with Crippen molar-refractivity contribution in [2.45, 2.75) is 0 Å². The van der Waals surface area contributed by atoms with Crippen molar-refractivity contribution in [3.63, 3.8) is 0 Å². The molecule has 4 aromatic carbocycles. The number of hydrogen-bond acceptors (Lipinski definition) is 3. The van der Waals surface area contributed by atoms with Crippen LogP contribution in [-0.2, 0) is 0 Å². The molecule has 1 fully saturated rings. The molecule has 0 spiro atoms. The van der Waals surface area contributed by atoms with Crippen molar-refractivity contribution in [2.75, 3.05) is 41.3 Å². The third kappa shape index (κ3) is 4.67. The van der Waals surface area contributed by atoms with Crippen LogP contribution in [0.15, 0.2) is 59.1 Å². The molecule has 0 radical (unpaired) electrons. The first kappa shape index (κ1) is 26.2. The molecule has 4 aromatic rings. The Hall–Kier alpha value is -3.37. The summed E-state index contributed by atoms with van der Waals surface area (Å²) in [6.45, 7) is 0.444. The SMILES string of the molecule is O=C(Nc1ccc(N2CCN(c3c(F)c(F)c(F)c(F)c3F)CC2)c(Cl)c1)c1cccc2c(Br)cccc12. The number of benzene rings is 4. The third-order valence-electron chi connectivity index (χ3n) is 6.44. The second-order valence-corrected chi connectivity index (χ2v) is 9.91. The van der Waals surface area contributed by atoms with Crippen LogP contribution in [0.3, 0.4) is 0 Å². The van der Waals surface area contributed by atoms with E-state index in [4.69, 9.17) is 11.6 Å². The van der Waals surface area contributed by atoms with Crippen molar-refractivity contribution in [1.82, 2.24) is 0 Å². The van der Waals surface area contributed by atoms with Crippen molar-refractivity contribution in [3.8, 4) is 0 Å². The lowest BCUT2D eigenvalue weighted by Crippen LogP contribution is -2.47. The summed E-state index contributed by atoms with van der Waals surface area (Å²) in [5.74, 6) is -10.2. The first-order chi connectivity index (χ1) is 18.2. The van der Waals surface area contributed by atoms with Gasteiger partial charge in [-0.3, -0.25) is 4.79 Å². The van der Waals surface area contributed by atoms with Crippen LogP contribution in [0.5, 0.6) is 0 Å². The fourth-order valence-electron chi connectivity index (χ4n) is 4.55. The van der Waals surface area contributed by atoms with Gasteiger partial charge >= 0.3 is 0 Å². The normalized spacial score (nSPS) is 13.8. The van der Waals surface area contributed by atoms with E-state index in [-0.39, 0.29) is 32.1 Å². The molecule has 11 heteroatoms. The van der Waals surface area contributed by atoms with Crippen molar-refractivity contribution in [1.29, 1.82) is 0 Å². The molecule has 0 bridgehead atoms. The van der Waals surface area contributed by atoms with Crippen LogP contribution in [0.1, 0.15) is 10.4 Å². The summed E-state index contributed by atoms with van der Waals surface area (Å²) < 4.78 is 70.0. The smallest absolute Gasteiger partial charge is 0.256 e. The molecule has 1 amide bonds. The lowest BCUT2D eigenvalue weighted by Gasteiger charge is -2.38. The summed E-state index contributed by atoms with van der Waals surface area (Å²) in [6, 6.07) is 16.0. The minimum absolute atomic E-state index is 0.00378. The number of piperazine rings is 1. The molecule has 0 atom stereocenters. The topological polar surface area (TPSA) is 35.6 Å². The standard InChI is InChI=1S/C27H18BrClF5N3O/c28-18-6-2-3-15-16(18)4-1-5-17(15)27(38)35-14-7-8-20(19(29)13-14)36-9-11-37(12-10-36)26-24(33)22(31)21(30)23(32)25(26)34/h1-8,13H,9-12H2,(H,35,38). The molecule has 196 valence electrons. The highest BCUT2D eigenvalue weighted by Gasteiger charge is 2.31. The summed E-state index contributed by atoms with van der Waals surface area (Å²) in [6.07, 6.45) is 0. The third-order valence-corrected chi connectivity index (χ3v) is 7.44. The summed E-state index contributed by atoms with van der Waals surface area (Å²) in [5.41, 5.74) is 0.630. The van der Waals surface area contributed by atoms with E-state index in [1.54, 1.807) is 30.3 Å². The first-order valence-corrected chi connectivity index (χ1v) is 12.6. The minimum Gasteiger partial charge on any atom is -0.367 e. The van der Waals surface area contributed by atoms with E-state index in [1.165, 1.54) is 0 Å². The van der Waals surface area contributed by atoms with E-state index in [2.05, 4.69) is 21.2 Å². The summed E-state index contributed by atoms with van der Waals surface area (Å²) in [5, 5.41) is 4.86. The van der Waals surface area contributed by atoms with E-state index < -0.39 is 34.8 Å². The van der Waals surface area contributed by atoms with E-state index in [1.807, 2.05) is 29.2 Å². The predicted octanol–water partition coefficient (Wildman–Crippen LogP) is 7.53. The molecule has 1 aliphatic rings. The Bertz CT molecular complexity index is 1550. The van der Waals surface area contributed by atoms with Gasteiger partial charge in [0.05, 0.1) is 10.7 Å². The van der Waals surface area contributed by atoms with Gasteiger partial charge < -0.3 is 15.1 Å². The van der Waals surface area contributed by atoms with Crippen LogP contribution in [0.2, 0.25) is 5.02 Å². The fraction of sp³-hybridized carbons (Fsp3) is 0.148. The first-order valence-electron chi connectivity index (χ1n) is 11.5. The maximum Gasteiger partial charge on any atom is 0.256 e. The number of hydrogen-bond donors (Lipinski definition) is 1. The number of rotatable bonds is 4. The van der Waals surface area contributed by atoms with E-state index >= 15 is 0 Å². The maximum absolute atomic E-state index is 14.2. The molecule has 1 aliphatic heterocycles. The van der Waals surface area contributed by atoms with Gasteiger partial charge in [0.25, 0.3) is 5.91 Å². The Morgan fingerprint density at radius 3 is 2.00 bits per heavy atom. The van der Waals surface area contributed by atoms with Crippen LogP contribution in [0, 0.1) is 29.1 Å². The fourth-order valence-corrected chi connectivity index (χ4v) is 5.35. The Morgan fingerprint density at radius 1 is 0.763 bits per heavy atom. The van der Waals surface area contributed by atoms with Gasteiger partial charge in [-0.25, -0.2) is 22.0 Å². The number of nitrogens with zero attached hydrogens (tertiary/aromatic N) is 2. The van der Waals surface area contributed by atoms with Crippen LogP contribution < -0.4 is 15.1 Å². The number of nitrogens with one attached hydrogen (secondary N) is 1. The zero-order chi connectivity index (χ0) is 27.1. The zero-order valence-corrected chi connectivity index (χ0v) is 21.8. The van der Waals surface area contributed by atoms with Crippen molar-refractivity contribution in [2.24, 2.45) is 0 Å². The molecule has 0 aliphatic carbocycles. The molecule has 1 heterocycles. The van der Waals surface area contributed by atoms with Crippen LogP contribution in [-0.4, -0.2) is 32.1 Å². The lowest BCUT2D eigenvalue weighted by molar-refractivity contribution is 0.102. The van der Waals surface area contributed by atoms with Gasteiger partial charge in [-0.2, -0.15) is 0 Å². The molecule has 38 heavy (non-hydrogen) atoms. The number of fused-ring (bicyclic) bond motifs is 1. The summed E-state index contributed by atoms with van der Waals surface area (Å²) in [7, 11) is 0. The average molecular weight is 611 g/mol. The Kier molecular flexibility index (Phi) is 7.19. The molecular weight excluding hydrogens is 593 g/mol. The average Bonchev–Trinajstić information content (AvgIpc) is 2.91. The predicted molar refractivity (Wildman–Crippen MR) is 142 cm³/mol. The highest BCUT2D eigenvalue weighted by atomic mass is 79.9. The van der Waals surface area contributed by atoms with Crippen molar-refractivity contribution >= 4 is 61.3 Å². The Balaban J connectivity index is 1.30. The Morgan fingerprint density at radius 2 is 1.34 bits per heavy atom. The van der Waals surface area contributed by atoms with Gasteiger partial charge in [0.1, 0.15) is 5.69 Å². The molecular formula is C27H18BrClF5N3O. The minimum atomic E-state index is -2.19. The number of carbonyl (C=O) groups is 1. The summed E-state index contributed by atoms with van der Waals surface area (Å²) in [4.78, 5) is 16.0. The van der Waals surface area contributed by atoms with Crippen LogP contribution >= 0.6 is 27.5 Å². The second kappa shape index (κ2) is 10.4. The molecule has 0 saturated carbocycles. The van der Waals surface area contributed by atoms with E-state index in [0.29, 0.717) is 22.0 Å². The van der Waals surface area contributed by atoms with Crippen molar-refractivity contribution < 1.29 is 26.7 Å². The maximum atomic E-state index is 14.2. The number of carbonyl (C=O) groups excluding carboxylic acids is 1. The molecule has 5 rings (SSSR count). The van der Waals surface area contributed by atoms with Gasteiger partial charge in [-0.15, -0.1) is 0 Å². The Labute approximate surface area is 227 Å². The van der Waals surface area contributed by atoms with Gasteiger partial charge in [0, 0.05) is 41.9 Å². The molecule has 0 unspecified atom stereocenters. The van der Waals surface area contributed by atoms with Gasteiger partial charge in [0.2, 0.25) is 5.82 Å². The molecule has 1 saturated heterocycles. The number of anilines is 3. The van der Waals surface area contributed by atoms with E-state index in [0.717, 1.165) is 20.1 Å². The van der Waals surface area contributed by atoms with Gasteiger partial charge in [-0.1, -0.05) is 51.8 Å².